The predicted octanol–water partition coefficient (Wildman–Crippen LogP) is 3.20. The number of nitrogens with zero attached hydrogens (tertiary/aromatic N) is 1. The maximum absolute atomic E-state index is 9.12. The number of pyridine rings is 1. The van der Waals surface area contributed by atoms with Crippen LogP contribution in [0.1, 0.15) is 45.8 Å². The lowest BCUT2D eigenvalue weighted by molar-refractivity contribution is 0.00103. The van der Waals surface area contributed by atoms with Crippen molar-refractivity contribution in [3.8, 4) is 0 Å². The Labute approximate surface area is 110 Å². The van der Waals surface area contributed by atoms with E-state index >= 15 is 0 Å². The van der Waals surface area contributed by atoms with E-state index in [4.69, 9.17) is 9.84 Å². The lowest BCUT2D eigenvalue weighted by Gasteiger charge is -2.31. The van der Waals surface area contributed by atoms with E-state index in [1.807, 2.05) is 25.3 Å². The van der Waals surface area contributed by atoms with Crippen molar-refractivity contribution in [1.82, 2.24) is 4.98 Å². The number of hydrogen-bond donors (Lipinski definition) is 1. The van der Waals surface area contributed by atoms with Gasteiger partial charge in [-0.2, -0.15) is 0 Å². The molecule has 0 spiro atoms. The highest BCUT2D eigenvalue weighted by atomic mass is 16.5. The summed E-state index contributed by atoms with van der Waals surface area (Å²) < 4.78 is 5.92. The van der Waals surface area contributed by atoms with Gasteiger partial charge >= 0.3 is 0 Å². The molecule has 1 aromatic heterocycles. The molecule has 0 fully saturated rings. The molecule has 1 aromatic rings. The van der Waals surface area contributed by atoms with Crippen molar-refractivity contribution in [3.05, 3.63) is 30.1 Å². The van der Waals surface area contributed by atoms with Crippen LogP contribution < -0.4 is 0 Å². The van der Waals surface area contributed by atoms with Gasteiger partial charge in [-0.1, -0.05) is 26.8 Å². The van der Waals surface area contributed by atoms with Crippen LogP contribution >= 0.6 is 0 Å². The van der Waals surface area contributed by atoms with Gasteiger partial charge in [0.2, 0.25) is 0 Å². The second kappa shape index (κ2) is 6.86. The minimum absolute atomic E-state index is 0.0437. The van der Waals surface area contributed by atoms with Crippen molar-refractivity contribution in [2.24, 2.45) is 11.3 Å². The summed E-state index contributed by atoms with van der Waals surface area (Å²) in [5, 5.41) is 9.12. The standard InChI is InChI=1S/C15H25NO2/c1-12(13-6-5-8-16-10-13)18-11-14(7-9-17)15(2,3)4/h5-6,8,10,12,14,17H,7,9,11H2,1-4H3. The first-order valence-corrected chi connectivity index (χ1v) is 6.57. The molecule has 1 N–H and O–H groups in total. The number of aliphatic hydroxyl groups is 1. The van der Waals surface area contributed by atoms with Crippen LogP contribution in [0.15, 0.2) is 24.5 Å². The Morgan fingerprint density at radius 1 is 1.39 bits per heavy atom. The van der Waals surface area contributed by atoms with Gasteiger partial charge in [-0.3, -0.25) is 4.98 Å². The third-order valence-corrected chi connectivity index (χ3v) is 3.40. The Hall–Kier alpha value is -0.930. The van der Waals surface area contributed by atoms with Gasteiger partial charge < -0.3 is 9.84 Å². The van der Waals surface area contributed by atoms with Crippen LogP contribution in [-0.2, 0) is 4.74 Å². The molecule has 1 rings (SSSR count). The molecule has 0 aromatic carbocycles. The Morgan fingerprint density at radius 3 is 2.61 bits per heavy atom. The molecule has 3 heteroatoms. The number of aromatic nitrogens is 1. The molecule has 3 nitrogen and oxygen atoms in total. The summed E-state index contributed by atoms with van der Waals surface area (Å²) in [4.78, 5) is 4.10. The van der Waals surface area contributed by atoms with Crippen molar-refractivity contribution in [2.45, 2.75) is 40.2 Å². The molecule has 1 heterocycles. The minimum atomic E-state index is 0.0437. The average molecular weight is 251 g/mol. The van der Waals surface area contributed by atoms with Crippen LogP contribution in [0.4, 0.5) is 0 Å². The fourth-order valence-electron chi connectivity index (χ4n) is 1.90. The van der Waals surface area contributed by atoms with Gasteiger partial charge in [0.15, 0.2) is 0 Å². The van der Waals surface area contributed by atoms with Gasteiger partial charge in [-0.25, -0.2) is 0 Å². The van der Waals surface area contributed by atoms with Crippen LogP contribution in [0, 0.1) is 11.3 Å². The Balaban J connectivity index is 2.52. The monoisotopic (exact) mass is 251 g/mol. The van der Waals surface area contributed by atoms with E-state index in [-0.39, 0.29) is 18.1 Å². The third kappa shape index (κ3) is 4.75. The molecule has 0 aliphatic carbocycles. The smallest absolute Gasteiger partial charge is 0.0811 e. The molecule has 0 saturated heterocycles. The summed E-state index contributed by atoms with van der Waals surface area (Å²) in [6.45, 7) is 9.48. The van der Waals surface area contributed by atoms with Crippen LogP contribution in [0.25, 0.3) is 0 Å². The van der Waals surface area contributed by atoms with E-state index in [0.717, 1.165) is 12.0 Å². The van der Waals surface area contributed by atoms with Crippen molar-refractivity contribution < 1.29 is 9.84 Å². The molecule has 0 bridgehead atoms. The number of aliphatic hydroxyl groups excluding tert-OH is 1. The van der Waals surface area contributed by atoms with Crippen molar-refractivity contribution in [3.63, 3.8) is 0 Å². The summed E-state index contributed by atoms with van der Waals surface area (Å²) in [5.74, 6) is 0.363. The number of ether oxygens (including phenoxy) is 1. The zero-order valence-corrected chi connectivity index (χ0v) is 11.9. The van der Waals surface area contributed by atoms with Crippen molar-refractivity contribution in [2.75, 3.05) is 13.2 Å². The highest BCUT2D eigenvalue weighted by Gasteiger charge is 2.25. The quantitative estimate of drug-likeness (QED) is 0.844. The molecule has 0 radical (unpaired) electrons. The molecule has 0 aliphatic rings. The normalized spacial score (nSPS) is 15.4. The van der Waals surface area contributed by atoms with Crippen LogP contribution in [0.5, 0.6) is 0 Å². The number of hydrogen-bond acceptors (Lipinski definition) is 3. The summed E-state index contributed by atoms with van der Waals surface area (Å²) in [6.07, 6.45) is 4.42. The Morgan fingerprint density at radius 2 is 2.11 bits per heavy atom. The van der Waals surface area contributed by atoms with E-state index in [1.165, 1.54) is 0 Å². The molecular weight excluding hydrogens is 226 g/mol. The second-order valence-corrected chi connectivity index (χ2v) is 5.84. The van der Waals surface area contributed by atoms with Gasteiger partial charge in [0.25, 0.3) is 0 Å². The van der Waals surface area contributed by atoms with Crippen molar-refractivity contribution in [1.29, 1.82) is 0 Å². The molecule has 0 amide bonds. The van der Waals surface area contributed by atoms with Gasteiger partial charge in [-0.05, 0) is 36.3 Å². The third-order valence-electron chi connectivity index (χ3n) is 3.40. The highest BCUT2D eigenvalue weighted by molar-refractivity contribution is 5.11. The summed E-state index contributed by atoms with van der Waals surface area (Å²) in [7, 11) is 0. The first-order valence-electron chi connectivity index (χ1n) is 6.57. The van der Waals surface area contributed by atoms with Gasteiger partial charge in [0, 0.05) is 19.0 Å². The molecule has 102 valence electrons. The predicted molar refractivity (Wildman–Crippen MR) is 73.3 cm³/mol. The largest absolute Gasteiger partial charge is 0.396 e. The van der Waals surface area contributed by atoms with Crippen LogP contribution in [0.3, 0.4) is 0 Å². The van der Waals surface area contributed by atoms with Crippen LogP contribution in [0.2, 0.25) is 0 Å². The lowest BCUT2D eigenvalue weighted by Crippen LogP contribution is -2.26. The topological polar surface area (TPSA) is 42.4 Å². The first kappa shape index (κ1) is 15.1. The molecule has 2 unspecified atom stereocenters. The molecule has 0 aliphatic heterocycles. The molecular formula is C15H25NO2. The van der Waals surface area contributed by atoms with E-state index < -0.39 is 0 Å². The first-order chi connectivity index (χ1) is 8.45. The van der Waals surface area contributed by atoms with E-state index in [9.17, 15) is 0 Å². The minimum Gasteiger partial charge on any atom is -0.396 e. The SMILES string of the molecule is CC(OCC(CCO)C(C)(C)C)c1cccnc1. The summed E-state index contributed by atoms with van der Waals surface area (Å²) in [6, 6.07) is 3.94. The highest BCUT2D eigenvalue weighted by Crippen LogP contribution is 2.30. The summed E-state index contributed by atoms with van der Waals surface area (Å²) >= 11 is 0. The van der Waals surface area contributed by atoms with Gasteiger partial charge in [-0.15, -0.1) is 0 Å². The van der Waals surface area contributed by atoms with Gasteiger partial charge in [0.1, 0.15) is 0 Å². The lowest BCUT2D eigenvalue weighted by atomic mass is 9.79. The second-order valence-electron chi connectivity index (χ2n) is 5.84. The molecule has 0 saturated carbocycles. The number of rotatable bonds is 6. The van der Waals surface area contributed by atoms with Crippen molar-refractivity contribution >= 4 is 0 Å². The fraction of sp³-hybridized carbons (Fsp3) is 0.667. The zero-order chi connectivity index (χ0) is 13.6. The summed E-state index contributed by atoms with van der Waals surface area (Å²) in [5.41, 5.74) is 1.24. The molecule has 2 atom stereocenters. The van der Waals surface area contributed by atoms with E-state index in [0.29, 0.717) is 12.5 Å². The average Bonchev–Trinajstić information content (AvgIpc) is 2.33. The maximum Gasteiger partial charge on any atom is 0.0811 e. The maximum atomic E-state index is 9.12. The van der Waals surface area contributed by atoms with Gasteiger partial charge in [0.05, 0.1) is 12.7 Å². The molecule has 18 heavy (non-hydrogen) atoms. The van der Waals surface area contributed by atoms with Crippen LogP contribution in [-0.4, -0.2) is 23.3 Å². The zero-order valence-electron chi connectivity index (χ0n) is 11.9. The van der Waals surface area contributed by atoms with E-state index in [2.05, 4.69) is 25.8 Å². The Kier molecular flexibility index (Phi) is 5.76. The Bertz CT molecular complexity index is 332. The van der Waals surface area contributed by atoms with E-state index in [1.54, 1.807) is 6.20 Å². The fourth-order valence-corrected chi connectivity index (χ4v) is 1.90.